The maximum absolute atomic E-state index is 13.0. The molecule has 2 N–H and O–H groups in total. The van der Waals surface area contributed by atoms with E-state index in [1.807, 2.05) is 29.2 Å². The molecule has 1 aliphatic carbocycles. The van der Waals surface area contributed by atoms with E-state index in [-0.39, 0.29) is 5.91 Å². The summed E-state index contributed by atoms with van der Waals surface area (Å²) in [4.78, 5) is 23.4. The number of carbonyl (C=O) groups is 1. The van der Waals surface area contributed by atoms with E-state index < -0.39 is 0 Å². The highest BCUT2D eigenvalue weighted by molar-refractivity contribution is 5.95. The number of anilines is 1. The molecule has 0 radical (unpaired) electrons. The topological polar surface area (TPSA) is 72.1 Å². The van der Waals surface area contributed by atoms with Crippen molar-refractivity contribution in [2.45, 2.75) is 45.1 Å². The van der Waals surface area contributed by atoms with Crippen molar-refractivity contribution in [1.82, 2.24) is 14.9 Å². The van der Waals surface area contributed by atoms with Gasteiger partial charge in [-0.3, -0.25) is 9.78 Å². The molecule has 1 aromatic heterocycles. The summed E-state index contributed by atoms with van der Waals surface area (Å²) in [6, 6.07) is 7.98. The molecule has 1 saturated carbocycles. The maximum atomic E-state index is 13.0. The fourth-order valence-corrected chi connectivity index (χ4v) is 3.42. The number of carbonyl (C=O) groups excluding carboxylic acids is 1. The molecule has 0 aliphatic heterocycles. The second-order valence-corrected chi connectivity index (χ2v) is 6.29. The first-order valence-corrected chi connectivity index (χ1v) is 8.68. The van der Waals surface area contributed by atoms with Crippen LogP contribution in [0.25, 0.3) is 11.3 Å². The third kappa shape index (κ3) is 3.55. The van der Waals surface area contributed by atoms with Crippen LogP contribution < -0.4 is 5.73 Å². The lowest BCUT2D eigenvalue weighted by atomic mass is 9.93. The number of hydrogen-bond acceptors (Lipinski definition) is 4. The third-order valence-corrected chi connectivity index (χ3v) is 4.69. The van der Waals surface area contributed by atoms with E-state index in [0.29, 0.717) is 17.4 Å². The quantitative estimate of drug-likeness (QED) is 0.934. The van der Waals surface area contributed by atoms with Gasteiger partial charge >= 0.3 is 0 Å². The van der Waals surface area contributed by atoms with Crippen molar-refractivity contribution < 1.29 is 4.79 Å². The number of nitrogens with zero attached hydrogens (tertiary/aromatic N) is 3. The first-order chi connectivity index (χ1) is 11.7. The van der Waals surface area contributed by atoms with E-state index in [1.165, 1.54) is 25.5 Å². The number of nitrogen functional groups attached to an aromatic ring is 1. The number of amides is 1. The molecular weight excluding hydrogens is 300 g/mol. The average Bonchev–Trinajstić information content (AvgIpc) is 2.64. The highest BCUT2D eigenvalue weighted by atomic mass is 16.2. The molecule has 0 atom stereocenters. The number of nitrogens with two attached hydrogens (primary N) is 1. The molecule has 3 rings (SSSR count). The highest BCUT2D eigenvalue weighted by Gasteiger charge is 2.25. The first-order valence-electron chi connectivity index (χ1n) is 8.68. The van der Waals surface area contributed by atoms with Gasteiger partial charge in [-0.25, -0.2) is 4.98 Å². The standard InChI is InChI=1S/C19H24N4O/c1-2-23(16-9-4-3-5-10-16)19(24)15-8-6-7-14(11-15)17-12-22-18(20)13-21-17/h6-8,11-13,16H,2-5,9-10H2,1H3,(H2,20,22). The van der Waals surface area contributed by atoms with Crippen molar-refractivity contribution in [3.8, 4) is 11.3 Å². The lowest BCUT2D eigenvalue weighted by molar-refractivity contribution is 0.0648. The van der Waals surface area contributed by atoms with E-state index in [4.69, 9.17) is 5.73 Å². The number of hydrogen-bond donors (Lipinski definition) is 1. The molecule has 2 aromatic rings. The molecule has 0 saturated heterocycles. The molecule has 126 valence electrons. The Kier molecular flexibility index (Phi) is 5.08. The van der Waals surface area contributed by atoms with Gasteiger partial charge in [0.25, 0.3) is 5.91 Å². The largest absolute Gasteiger partial charge is 0.382 e. The van der Waals surface area contributed by atoms with Crippen molar-refractivity contribution in [2.24, 2.45) is 0 Å². The SMILES string of the molecule is CCN(C(=O)c1cccc(-c2cnc(N)cn2)c1)C1CCCCC1. The number of rotatable bonds is 4. The minimum Gasteiger partial charge on any atom is -0.382 e. The summed E-state index contributed by atoms with van der Waals surface area (Å²) in [5.74, 6) is 0.495. The summed E-state index contributed by atoms with van der Waals surface area (Å²) in [6.45, 7) is 2.80. The van der Waals surface area contributed by atoms with E-state index in [2.05, 4.69) is 16.9 Å². The number of aromatic nitrogens is 2. The van der Waals surface area contributed by atoms with Gasteiger partial charge in [0.15, 0.2) is 0 Å². The van der Waals surface area contributed by atoms with Gasteiger partial charge < -0.3 is 10.6 Å². The van der Waals surface area contributed by atoms with Crippen molar-refractivity contribution in [3.05, 3.63) is 42.2 Å². The lowest BCUT2D eigenvalue weighted by Crippen LogP contribution is -2.41. The van der Waals surface area contributed by atoms with Gasteiger partial charge in [-0.2, -0.15) is 0 Å². The van der Waals surface area contributed by atoms with Gasteiger partial charge in [-0.15, -0.1) is 0 Å². The van der Waals surface area contributed by atoms with Crippen molar-refractivity contribution >= 4 is 11.7 Å². The van der Waals surface area contributed by atoms with Crippen LogP contribution in [0.5, 0.6) is 0 Å². The summed E-state index contributed by atoms with van der Waals surface area (Å²) in [6.07, 6.45) is 9.12. The molecule has 5 heteroatoms. The normalized spacial score (nSPS) is 15.2. The molecule has 0 unspecified atom stereocenters. The number of benzene rings is 1. The molecule has 1 fully saturated rings. The smallest absolute Gasteiger partial charge is 0.254 e. The van der Waals surface area contributed by atoms with Crippen molar-refractivity contribution in [2.75, 3.05) is 12.3 Å². The van der Waals surface area contributed by atoms with Crippen LogP contribution in [0.1, 0.15) is 49.4 Å². The zero-order valence-corrected chi connectivity index (χ0v) is 14.1. The van der Waals surface area contributed by atoms with Gasteiger partial charge in [-0.05, 0) is 31.9 Å². The zero-order chi connectivity index (χ0) is 16.9. The molecule has 0 spiro atoms. The Hall–Kier alpha value is -2.43. The summed E-state index contributed by atoms with van der Waals surface area (Å²) >= 11 is 0. The fourth-order valence-electron chi connectivity index (χ4n) is 3.42. The third-order valence-electron chi connectivity index (χ3n) is 4.69. The van der Waals surface area contributed by atoms with Crippen LogP contribution in [-0.4, -0.2) is 33.4 Å². The molecule has 1 aromatic carbocycles. The van der Waals surface area contributed by atoms with E-state index in [0.717, 1.165) is 30.6 Å². The van der Waals surface area contributed by atoms with E-state index in [1.54, 1.807) is 6.20 Å². The molecule has 1 heterocycles. The predicted molar refractivity (Wildman–Crippen MR) is 95.5 cm³/mol. The van der Waals surface area contributed by atoms with Crippen LogP contribution in [0.3, 0.4) is 0 Å². The van der Waals surface area contributed by atoms with Gasteiger partial charge in [0.1, 0.15) is 5.82 Å². The summed E-state index contributed by atoms with van der Waals surface area (Å²) in [5.41, 5.74) is 7.90. The van der Waals surface area contributed by atoms with Crippen molar-refractivity contribution in [1.29, 1.82) is 0 Å². The molecule has 1 aliphatic rings. The van der Waals surface area contributed by atoms with Crippen LogP contribution in [0.2, 0.25) is 0 Å². The van der Waals surface area contributed by atoms with Gasteiger partial charge in [0.2, 0.25) is 0 Å². The van der Waals surface area contributed by atoms with Crippen LogP contribution in [0, 0.1) is 0 Å². The Morgan fingerprint density at radius 3 is 2.67 bits per heavy atom. The van der Waals surface area contributed by atoms with Gasteiger partial charge in [-0.1, -0.05) is 31.4 Å². The van der Waals surface area contributed by atoms with E-state index in [9.17, 15) is 4.79 Å². The van der Waals surface area contributed by atoms with Crippen LogP contribution in [0.15, 0.2) is 36.7 Å². The summed E-state index contributed by atoms with van der Waals surface area (Å²) in [5, 5.41) is 0. The lowest BCUT2D eigenvalue weighted by Gasteiger charge is -2.33. The molecular formula is C19H24N4O. The summed E-state index contributed by atoms with van der Waals surface area (Å²) in [7, 11) is 0. The Bertz CT molecular complexity index is 693. The molecule has 5 nitrogen and oxygen atoms in total. The highest BCUT2D eigenvalue weighted by Crippen LogP contribution is 2.25. The van der Waals surface area contributed by atoms with Gasteiger partial charge in [0, 0.05) is 23.7 Å². The second-order valence-electron chi connectivity index (χ2n) is 6.29. The molecule has 24 heavy (non-hydrogen) atoms. The Morgan fingerprint density at radius 1 is 1.21 bits per heavy atom. The average molecular weight is 324 g/mol. The van der Waals surface area contributed by atoms with Crippen LogP contribution in [-0.2, 0) is 0 Å². The first kappa shape index (κ1) is 16.4. The second kappa shape index (κ2) is 7.43. The molecule has 0 bridgehead atoms. The minimum absolute atomic E-state index is 0.106. The predicted octanol–water partition coefficient (Wildman–Crippen LogP) is 3.52. The minimum atomic E-state index is 0.106. The monoisotopic (exact) mass is 324 g/mol. The Balaban J connectivity index is 1.84. The van der Waals surface area contributed by atoms with Crippen LogP contribution in [0.4, 0.5) is 5.82 Å². The maximum Gasteiger partial charge on any atom is 0.254 e. The Morgan fingerprint density at radius 2 is 2.00 bits per heavy atom. The fraction of sp³-hybridized carbons (Fsp3) is 0.421. The van der Waals surface area contributed by atoms with Crippen molar-refractivity contribution in [3.63, 3.8) is 0 Å². The summed E-state index contributed by atoms with van der Waals surface area (Å²) < 4.78 is 0. The van der Waals surface area contributed by atoms with Gasteiger partial charge in [0.05, 0.1) is 18.1 Å². The molecule has 1 amide bonds. The zero-order valence-electron chi connectivity index (χ0n) is 14.1. The van der Waals surface area contributed by atoms with E-state index >= 15 is 0 Å². The Labute approximate surface area is 142 Å². The van der Waals surface area contributed by atoms with Crippen LogP contribution >= 0.6 is 0 Å².